The van der Waals surface area contributed by atoms with Gasteiger partial charge in [0.15, 0.2) is 5.82 Å². The third-order valence-electron chi connectivity index (χ3n) is 2.31. The molecule has 3 aromatic heterocycles. The van der Waals surface area contributed by atoms with Gasteiger partial charge < -0.3 is 4.98 Å². The van der Waals surface area contributed by atoms with Crippen molar-refractivity contribution in [1.82, 2.24) is 15.0 Å². The smallest absolute Gasteiger partial charge is 0.261 e. The number of aromatic nitrogens is 3. The van der Waals surface area contributed by atoms with Crippen LogP contribution in [0.15, 0.2) is 34.6 Å². The average Bonchev–Trinajstić information content (AvgIpc) is 2.73. The van der Waals surface area contributed by atoms with Crippen molar-refractivity contribution in [2.24, 2.45) is 0 Å². The molecule has 0 spiro atoms. The average molecular weight is 264 g/mol. The lowest BCUT2D eigenvalue weighted by molar-refractivity contribution is 1.15. The molecule has 4 nitrogen and oxygen atoms in total. The first kappa shape index (κ1) is 10.4. The third kappa shape index (κ3) is 1.73. The molecule has 0 aliphatic carbocycles. The highest BCUT2D eigenvalue weighted by Gasteiger charge is 2.10. The Labute approximate surface area is 105 Å². The Kier molecular flexibility index (Phi) is 2.42. The molecule has 3 aromatic rings. The largest absolute Gasteiger partial charge is 0.305 e. The van der Waals surface area contributed by atoms with Crippen molar-refractivity contribution in [2.75, 3.05) is 0 Å². The Morgan fingerprint density at radius 1 is 1.35 bits per heavy atom. The van der Waals surface area contributed by atoms with Gasteiger partial charge in [-0.15, -0.1) is 11.3 Å². The second-order valence-corrected chi connectivity index (χ2v) is 4.66. The summed E-state index contributed by atoms with van der Waals surface area (Å²) in [5.41, 5.74) is 0.401. The van der Waals surface area contributed by atoms with Gasteiger partial charge in [0.25, 0.3) is 5.56 Å². The number of pyridine rings is 1. The van der Waals surface area contributed by atoms with Crippen LogP contribution in [0.5, 0.6) is 0 Å². The van der Waals surface area contributed by atoms with Crippen LogP contribution in [0.25, 0.3) is 21.7 Å². The van der Waals surface area contributed by atoms with Crippen LogP contribution in [-0.4, -0.2) is 15.0 Å². The van der Waals surface area contributed by atoms with Crippen molar-refractivity contribution in [3.63, 3.8) is 0 Å². The number of thiophene rings is 1. The lowest BCUT2D eigenvalue weighted by Crippen LogP contribution is -2.08. The summed E-state index contributed by atoms with van der Waals surface area (Å²) in [5.74, 6) is 0.460. The van der Waals surface area contributed by atoms with E-state index in [4.69, 9.17) is 11.6 Å². The minimum Gasteiger partial charge on any atom is -0.305 e. The number of H-pyrrole nitrogens is 1. The van der Waals surface area contributed by atoms with E-state index in [2.05, 4.69) is 15.0 Å². The molecule has 17 heavy (non-hydrogen) atoms. The molecule has 0 fully saturated rings. The first-order valence-corrected chi connectivity index (χ1v) is 6.10. The van der Waals surface area contributed by atoms with Crippen LogP contribution in [0, 0.1) is 0 Å². The van der Waals surface area contributed by atoms with Crippen molar-refractivity contribution < 1.29 is 0 Å². The van der Waals surface area contributed by atoms with Crippen LogP contribution in [0.4, 0.5) is 0 Å². The number of rotatable bonds is 1. The Balaban J connectivity index is 2.30. The molecule has 0 unspecified atom stereocenters. The molecule has 0 amide bonds. The highest BCUT2D eigenvalue weighted by molar-refractivity contribution is 7.17. The van der Waals surface area contributed by atoms with Crippen LogP contribution in [0.1, 0.15) is 0 Å². The summed E-state index contributed by atoms with van der Waals surface area (Å²) in [6, 6.07) is 5.44. The number of nitrogens with zero attached hydrogens (tertiary/aromatic N) is 2. The van der Waals surface area contributed by atoms with Crippen molar-refractivity contribution in [2.45, 2.75) is 0 Å². The number of fused-ring (bicyclic) bond motifs is 1. The topological polar surface area (TPSA) is 58.6 Å². The van der Waals surface area contributed by atoms with Gasteiger partial charge in [0, 0.05) is 11.6 Å². The van der Waals surface area contributed by atoms with Crippen molar-refractivity contribution >= 4 is 33.2 Å². The van der Waals surface area contributed by atoms with Crippen LogP contribution in [-0.2, 0) is 0 Å². The quantitative estimate of drug-likeness (QED) is 0.734. The van der Waals surface area contributed by atoms with Crippen molar-refractivity contribution in [1.29, 1.82) is 0 Å². The fourth-order valence-corrected chi connectivity index (χ4v) is 2.70. The summed E-state index contributed by atoms with van der Waals surface area (Å²) in [6.45, 7) is 0. The van der Waals surface area contributed by atoms with E-state index in [9.17, 15) is 4.79 Å². The normalized spacial score (nSPS) is 10.9. The molecule has 0 aromatic carbocycles. The summed E-state index contributed by atoms with van der Waals surface area (Å²) in [7, 11) is 0. The molecule has 0 aliphatic heterocycles. The van der Waals surface area contributed by atoms with E-state index in [0.29, 0.717) is 26.8 Å². The first-order chi connectivity index (χ1) is 8.25. The van der Waals surface area contributed by atoms with Gasteiger partial charge >= 0.3 is 0 Å². The van der Waals surface area contributed by atoms with Gasteiger partial charge in [-0.05, 0) is 12.1 Å². The highest BCUT2D eigenvalue weighted by atomic mass is 35.5. The van der Waals surface area contributed by atoms with Gasteiger partial charge in [-0.3, -0.25) is 9.78 Å². The molecule has 3 heterocycles. The van der Waals surface area contributed by atoms with Crippen LogP contribution < -0.4 is 5.56 Å². The SMILES string of the molecule is O=c1[nH]c(-c2ccccn2)nc2scc(Cl)c12. The Morgan fingerprint density at radius 3 is 3.00 bits per heavy atom. The molecule has 0 saturated carbocycles. The molecule has 1 N–H and O–H groups in total. The van der Waals surface area contributed by atoms with E-state index in [1.807, 2.05) is 12.1 Å². The minimum absolute atomic E-state index is 0.234. The maximum atomic E-state index is 11.9. The van der Waals surface area contributed by atoms with E-state index in [1.54, 1.807) is 17.6 Å². The minimum atomic E-state index is -0.234. The lowest BCUT2D eigenvalue weighted by atomic mass is 10.3. The molecular weight excluding hydrogens is 258 g/mol. The lowest BCUT2D eigenvalue weighted by Gasteiger charge is -1.99. The zero-order chi connectivity index (χ0) is 11.8. The second-order valence-electron chi connectivity index (χ2n) is 3.39. The molecular formula is C11H6ClN3OS. The first-order valence-electron chi connectivity index (χ1n) is 4.84. The van der Waals surface area contributed by atoms with Crippen LogP contribution in [0.2, 0.25) is 5.02 Å². The zero-order valence-electron chi connectivity index (χ0n) is 8.48. The Bertz CT molecular complexity index is 735. The summed E-state index contributed by atoms with van der Waals surface area (Å²) in [4.78, 5) is 23.7. The number of halogens is 1. The van der Waals surface area contributed by atoms with Gasteiger partial charge in [0.1, 0.15) is 10.5 Å². The van der Waals surface area contributed by atoms with E-state index >= 15 is 0 Å². The number of nitrogens with one attached hydrogen (secondary N) is 1. The molecule has 0 saturated heterocycles. The monoisotopic (exact) mass is 263 g/mol. The standard InChI is InChI=1S/C11H6ClN3OS/c12-6-5-17-11-8(6)10(16)14-9(15-11)7-3-1-2-4-13-7/h1-5H,(H,14,15,16). The molecule has 0 aliphatic rings. The fourth-order valence-electron chi connectivity index (χ4n) is 1.54. The summed E-state index contributed by atoms with van der Waals surface area (Å²) in [5, 5.41) is 2.58. The predicted octanol–water partition coefficient (Wildman–Crippen LogP) is 2.70. The highest BCUT2D eigenvalue weighted by Crippen LogP contribution is 2.26. The van der Waals surface area contributed by atoms with Gasteiger partial charge in [0.05, 0.1) is 10.4 Å². The fraction of sp³-hybridized carbons (Fsp3) is 0. The van der Waals surface area contributed by atoms with Crippen LogP contribution in [0.3, 0.4) is 0 Å². The number of hydrogen-bond donors (Lipinski definition) is 1. The predicted molar refractivity (Wildman–Crippen MR) is 68.5 cm³/mol. The van der Waals surface area contributed by atoms with Crippen molar-refractivity contribution in [3.8, 4) is 11.5 Å². The van der Waals surface area contributed by atoms with E-state index in [0.717, 1.165) is 0 Å². The Hall–Kier alpha value is -1.72. The molecule has 3 rings (SSSR count). The summed E-state index contributed by atoms with van der Waals surface area (Å²) >= 11 is 7.26. The molecule has 84 valence electrons. The molecule has 0 radical (unpaired) electrons. The summed E-state index contributed by atoms with van der Waals surface area (Å²) in [6.07, 6.45) is 1.65. The molecule has 6 heteroatoms. The third-order valence-corrected chi connectivity index (χ3v) is 3.61. The van der Waals surface area contributed by atoms with E-state index in [-0.39, 0.29) is 5.56 Å². The maximum Gasteiger partial charge on any atom is 0.261 e. The maximum absolute atomic E-state index is 11.9. The van der Waals surface area contributed by atoms with Gasteiger partial charge in [0.2, 0.25) is 0 Å². The Morgan fingerprint density at radius 2 is 2.24 bits per heavy atom. The van der Waals surface area contributed by atoms with Crippen molar-refractivity contribution in [3.05, 3.63) is 45.2 Å². The van der Waals surface area contributed by atoms with E-state index < -0.39 is 0 Å². The number of aromatic amines is 1. The zero-order valence-corrected chi connectivity index (χ0v) is 10.0. The van der Waals surface area contributed by atoms with Gasteiger partial charge in [-0.1, -0.05) is 17.7 Å². The second kappa shape index (κ2) is 3.94. The van der Waals surface area contributed by atoms with Gasteiger partial charge in [-0.2, -0.15) is 0 Å². The molecule has 0 atom stereocenters. The summed E-state index contributed by atoms with van der Waals surface area (Å²) < 4.78 is 0. The van der Waals surface area contributed by atoms with E-state index in [1.165, 1.54) is 11.3 Å². The molecule has 0 bridgehead atoms. The number of hydrogen-bond acceptors (Lipinski definition) is 4. The van der Waals surface area contributed by atoms with Gasteiger partial charge in [-0.25, -0.2) is 4.98 Å². The van der Waals surface area contributed by atoms with Crippen LogP contribution >= 0.6 is 22.9 Å².